The summed E-state index contributed by atoms with van der Waals surface area (Å²) in [6.45, 7) is 0.219. The third-order valence-corrected chi connectivity index (χ3v) is 6.63. The lowest BCUT2D eigenvalue weighted by Gasteiger charge is -2.02. The molecule has 1 N–H and O–H groups in total. The molecule has 2 aromatic carbocycles. The van der Waals surface area contributed by atoms with Crippen molar-refractivity contribution in [3.8, 4) is 0 Å². The molecular weight excluding hydrogens is 480 g/mol. The Hall–Kier alpha value is -1.62. The summed E-state index contributed by atoms with van der Waals surface area (Å²) in [6, 6.07) is 12.5. The zero-order valence-corrected chi connectivity index (χ0v) is 18.1. The van der Waals surface area contributed by atoms with Gasteiger partial charge in [-0.05, 0) is 48.0 Å². The molecule has 0 atom stereocenters. The van der Waals surface area contributed by atoms with Crippen molar-refractivity contribution >= 4 is 45.7 Å². The van der Waals surface area contributed by atoms with Crippen LogP contribution in [0.1, 0.15) is 11.1 Å². The molecule has 0 aliphatic heterocycles. The van der Waals surface area contributed by atoms with Crippen LogP contribution < -0.4 is 4.72 Å². The highest BCUT2D eigenvalue weighted by atomic mass is 79.9. The molecule has 27 heavy (non-hydrogen) atoms. The maximum absolute atomic E-state index is 11.3. The van der Waals surface area contributed by atoms with Crippen molar-refractivity contribution in [2.45, 2.75) is 21.7 Å². The van der Waals surface area contributed by atoms with E-state index in [0.717, 1.165) is 11.1 Å². The van der Waals surface area contributed by atoms with Crippen LogP contribution in [0.5, 0.6) is 0 Å². The SMILES string of the molecule is CNS(=O)(=O)c1ccc(CN=[N+]=[N-])cc1.O=S(=O)(Cl)c1ccc(CBr)cc1. The number of azide groups is 1. The number of hydrogen-bond acceptors (Lipinski definition) is 5. The molecule has 0 aromatic heterocycles. The summed E-state index contributed by atoms with van der Waals surface area (Å²) < 4.78 is 46.4. The highest BCUT2D eigenvalue weighted by molar-refractivity contribution is 9.08. The molecule has 0 saturated heterocycles. The molecular formula is C15H16BrClN4O4S2. The molecule has 0 saturated carbocycles. The molecule has 0 amide bonds. The van der Waals surface area contributed by atoms with Crippen molar-refractivity contribution in [3.05, 3.63) is 70.1 Å². The van der Waals surface area contributed by atoms with Crippen LogP contribution in [0.15, 0.2) is 63.4 Å². The summed E-state index contributed by atoms with van der Waals surface area (Å²) in [5, 5.41) is 4.07. The minimum Gasteiger partial charge on any atom is -0.214 e. The molecule has 146 valence electrons. The van der Waals surface area contributed by atoms with Gasteiger partial charge in [-0.25, -0.2) is 21.6 Å². The number of benzene rings is 2. The van der Waals surface area contributed by atoms with Gasteiger partial charge in [-0.3, -0.25) is 0 Å². The van der Waals surface area contributed by atoms with E-state index in [1.54, 1.807) is 24.3 Å². The maximum atomic E-state index is 11.3. The summed E-state index contributed by atoms with van der Waals surface area (Å²) in [7, 11) is -0.495. The molecule has 8 nitrogen and oxygen atoms in total. The van der Waals surface area contributed by atoms with Gasteiger partial charge in [0.15, 0.2) is 0 Å². The Morgan fingerprint density at radius 3 is 1.89 bits per heavy atom. The van der Waals surface area contributed by atoms with Gasteiger partial charge in [0.05, 0.1) is 16.3 Å². The van der Waals surface area contributed by atoms with E-state index in [1.807, 2.05) is 0 Å². The molecule has 0 aliphatic carbocycles. The predicted molar refractivity (Wildman–Crippen MR) is 108 cm³/mol. The Morgan fingerprint density at radius 1 is 1.00 bits per heavy atom. The van der Waals surface area contributed by atoms with E-state index < -0.39 is 19.1 Å². The van der Waals surface area contributed by atoms with Crippen LogP contribution in [0.2, 0.25) is 0 Å². The normalized spacial score (nSPS) is 11.1. The smallest absolute Gasteiger partial charge is 0.214 e. The quantitative estimate of drug-likeness (QED) is 0.214. The van der Waals surface area contributed by atoms with Crippen molar-refractivity contribution < 1.29 is 16.8 Å². The number of hydrogen-bond donors (Lipinski definition) is 1. The number of alkyl halides is 1. The van der Waals surface area contributed by atoms with E-state index in [-0.39, 0.29) is 16.3 Å². The zero-order valence-electron chi connectivity index (χ0n) is 14.1. The van der Waals surface area contributed by atoms with E-state index in [4.69, 9.17) is 16.2 Å². The van der Waals surface area contributed by atoms with Gasteiger partial charge in [-0.15, -0.1) is 0 Å². The molecule has 0 heterocycles. The third-order valence-electron chi connectivity index (χ3n) is 3.18. The van der Waals surface area contributed by atoms with Gasteiger partial charge in [-0.2, -0.15) is 0 Å². The number of sulfonamides is 1. The molecule has 2 aromatic rings. The van der Waals surface area contributed by atoms with E-state index >= 15 is 0 Å². The highest BCUT2D eigenvalue weighted by Gasteiger charge is 2.10. The van der Waals surface area contributed by atoms with E-state index in [2.05, 4.69) is 30.7 Å². The summed E-state index contributed by atoms with van der Waals surface area (Å²) >= 11 is 3.25. The summed E-state index contributed by atoms with van der Waals surface area (Å²) in [5.74, 6) is 0. The fraction of sp³-hybridized carbons (Fsp3) is 0.200. The van der Waals surface area contributed by atoms with Crippen molar-refractivity contribution in [2.75, 3.05) is 7.05 Å². The van der Waals surface area contributed by atoms with Gasteiger partial charge in [0.1, 0.15) is 0 Å². The number of rotatable bonds is 6. The van der Waals surface area contributed by atoms with Gasteiger partial charge in [-0.1, -0.05) is 45.3 Å². The Kier molecular flexibility index (Phi) is 9.23. The van der Waals surface area contributed by atoms with Crippen LogP contribution in [0, 0.1) is 0 Å². The monoisotopic (exact) mass is 494 g/mol. The Morgan fingerprint density at radius 2 is 1.48 bits per heavy atom. The average molecular weight is 496 g/mol. The molecule has 0 unspecified atom stereocenters. The van der Waals surface area contributed by atoms with Crippen LogP contribution in [-0.2, 0) is 30.9 Å². The topological polar surface area (TPSA) is 129 Å². The Bertz CT molecular complexity index is 1000. The van der Waals surface area contributed by atoms with Gasteiger partial charge >= 0.3 is 0 Å². The predicted octanol–water partition coefficient (Wildman–Crippen LogP) is 3.91. The minimum atomic E-state index is -3.57. The second-order valence-electron chi connectivity index (χ2n) is 4.96. The van der Waals surface area contributed by atoms with E-state index in [0.29, 0.717) is 5.33 Å². The summed E-state index contributed by atoms with van der Waals surface area (Å²) in [4.78, 5) is 2.94. The van der Waals surface area contributed by atoms with Crippen LogP contribution in [0.4, 0.5) is 0 Å². The first-order chi connectivity index (χ1) is 12.6. The minimum absolute atomic E-state index is 0.133. The second-order valence-corrected chi connectivity index (χ2v) is 9.97. The number of halogens is 2. The lowest BCUT2D eigenvalue weighted by molar-refractivity contribution is 0.588. The van der Waals surface area contributed by atoms with Gasteiger partial charge in [0.25, 0.3) is 9.05 Å². The summed E-state index contributed by atoms with van der Waals surface area (Å²) in [5.41, 5.74) is 9.88. The lowest BCUT2D eigenvalue weighted by Crippen LogP contribution is -2.18. The van der Waals surface area contributed by atoms with Crippen LogP contribution >= 0.6 is 26.6 Å². The highest BCUT2D eigenvalue weighted by Crippen LogP contribution is 2.16. The number of nitrogens with zero attached hydrogens (tertiary/aromatic N) is 3. The molecule has 0 aliphatic rings. The van der Waals surface area contributed by atoms with Crippen molar-refractivity contribution in [1.29, 1.82) is 0 Å². The molecule has 0 fully saturated rings. The molecule has 0 spiro atoms. The fourth-order valence-corrected chi connectivity index (χ4v) is 3.62. The first-order valence-electron chi connectivity index (χ1n) is 7.27. The Balaban J connectivity index is 0.000000277. The molecule has 0 radical (unpaired) electrons. The van der Waals surface area contributed by atoms with Crippen LogP contribution in [0.3, 0.4) is 0 Å². The van der Waals surface area contributed by atoms with Crippen molar-refractivity contribution in [3.63, 3.8) is 0 Å². The molecule has 0 bridgehead atoms. The van der Waals surface area contributed by atoms with E-state index in [9.17, 15) is 16.8 Å². The van der Waals surface area contributed by atoms with Crippen LogP contribution in [0.25, 0.3) is 10.4 Å². The number of nitrogens with one attached hydrogen (secondary N) is 1. The zero-order chi connectivity index (χ0) is 20.5. The average Bonchev–Trinajstić information content (AvgIpc) is 2.66. The third kappa shape index (κ3) is 7.87. The Labute approximate surface area is 170 Å². The molecule has 2 rings (SSSR count). The summed E-state index contributed by atoms with van der Waals surface area (Å²) in [6.07, 6.45) is 0. The largest absolute Gasteiger partial charge is 0.261 e. The van der Waals surface area contributed by atoms with Crippen molar-refractivity contribution in [1.82, 2.24) is 4.72 Å². The van der Waals surface area contributed by atoms with Crippen molar-refractivity contribution in [2.24, 2.45) is 5.11 Å². The first-order valence-corrected chi connectivity index (χ1v) is 12.2. The van der Waals surface area contributed by atoms with Gasteiger partial charge in [0, 0.05) is 20.9 Å². The van der Waals surface area contributed by atoms with Gasteiger partial charge in [0.2, 0.25) is 10.0 Å². The van der Waals surface area contributed by atoms with E-state index in [1.165, 1.54) is 31.3 Å². The maximum Gasteiger partial charge on any atom is 0.261 e. The lowest BCUT2D eigenvalue weighted by atomic mass is 10.2. The standard InChI is InChI=1S/C8H10N4O2S.C7H6BrClO2S/c1-10-15(13,14)8-4-2-7(3-5-8)6-11-12-9;8-5-6-1-3-7(4-2-6)12(9,10)11/h2-5,10H,6H2,1H3;1-4H,5H2. The molecule has 12 heteroatoms. The van der Waals surface area contributed by atoms with Gasteiger partial charge < -0.3 is 0 Å². The fourth-order valence-electron chi connectivity index (χ4n) is 1.75. The first kappa shape index (κ1) is 23.4. The second kappa shape index (κ2) is 10.6. The van der Waals surface area contributed by atoms with Crippen LogP contribution in [-0.4, -0.2) is 23.9 Å².